The van der Waals surface area contributed by atoms with Crippen molar-refractivity contribution < 1.29 is 19.1 Å². The van der Waals surface area contributed by atoms with E-state index in [0.29, 0.717) is 19.0 Å². The van der Waals surface area contributed by atoms with Crippen LogP contribution in [-0.2, 0) is 11.3 Å². The molecule has 11 nitrogen and oxygen atoms in total. The molecule has 220 valence electrons. The number of pyridine rings is 1. The zero-order valence-electron chi connectivity index (χ0n) is 24.4. The van der Waals surface area contributed by atoms with E-state index in [2.05, 4.69) is 25.8 Å². The third-order valence-electron chi connectivity index (χ3n) is 7.13. The number of nitrogens with zero attached hydrogens (tertiary/aromatic N) is 2. The number of aromatic amines is 1. The van der Waals surface area contributed by atoms with Gasteiger partial charge in [0.1, 0.15) is 11.2 Å². The van der Waals surface area contributed by atoms with E-state index in [-0.39, 0.29) is 29.6 Å². The first-order valence-electron chi connectivity index (χ1n) is 13.9. The number of ether oxygens (including phenoxy) is 1. The molecule has 0 bridgehead atoms. The molecular weight excluding hydrogens is 524 g/mol. The summed E-state index contributed by atoms with van der Waals surface area (Å²) in [7, 11) is 3.45. The van der Waals surface area contributed by atoms with Crippen LogP contribution in [0.2, 0.25) is 0 Å². The third kappa shape index (κ3) is 7.97. The number of fused-ring (bicyclic) bond motifs is 1. The molecule has 0 aliphatic heterocycles. The van der Waals surface area contributed by atoms with Gasteiger partial charge in [0.05, 0.1) is 12.1 Å². The molecule has 1 aliphatic rings. The van der Waals surface area contributed by atoms with E-state index in [1.807, 2.05) is 58.3 Å². The van der Waals surface area contributed by atoms with Crippen LogP contribution in [0.5, 0.6) is 0 Å². The number of carbonyl (C=O) groups excluding carboxylic acids is 3. The predicted octanol–water partition coefficient (Wildman–Crippen LogP) is 2.70. The number of hydrogen-bond donors (Lipinski definition) is 4. The summed E-state index contributed by atoms with van der Waals surface area (Å²) >= 11 is 0. The number of nitrogens with one attached hydrogen (secondary N) is 4. The Morgan fingerprint density at radius 2 is 1.93 bits per heavy atom. The molecule has 4 N–H and O–H groups in total. The van der Waals surface area contributed by atoms with Crippen molar-refractivity contribution in [3.8, 4) is 0 Å². The summed E-state index contributed by atoms with van der Waals surface area (Å²) in [4.78, 5) is 55.9. The molecule has 1 fully saturated rings. The number of likely N-dealkylation sites (N-methyl/N-ethyl adjacent to an activating group) is 1. The topological polar surface area (TPSA) is 138 Å². The minimum Gasteiger partial charge on any atom is -0.444 e. The molecule has 1 saturated carbocycles. The van der Waals surface area contributed by atoms with E-state index < -0.39 is 23.2 Å². The molecule has 11 heteroatoms. The summed E-state index contributed by atoms with van der Waals surface area (Å²) in [6.07, 6.45) is 4.70. The van der Waals surface area contributed by atoms with Crippen LogP contribution in [0.15, 0.2) is 47.5 Å². The normalized spacial score (nSPS) is 16.4. The fourth-order valence-corrected chi connectivity index (χ4v) is 4.80. The largest absolute Gasteiger partial charge is 0.444 e. The monoisotopic (exact) mass is 564 g/mol. The summed E-state index contributed by atoms with van der Waals surface area (Å²) in [5.41, 5.74) is 1.05. The van der Waals surface area contributed by atoms with Crippen molar-refractivity contribution in [3.63, 3.8) is 0 Å². The van der Waals surface area contributed by atoms with Crippen molar-refractivity contribution in [2.75, 3.05) is 33.7 Å². The molecule has 0 radical (unpaired) electrons. The molecule has 0 spiro atoms. The van der Waals surface area contributed by atoms with Gasteiger partial charge in [-0.2, -0.15) is 0 Å². The second-order valence-electron chi connectivity index (χ2n) is 11.6. The van der Waals surface area contributed by atoms with Crippen LogP contribution in [0, 0.1) is 5.92 Å². The second kappa shape index (κ2) is 12.6. The van der Waals surface area contributed by atoms with E-state index in [1.54, 1.807) is 0 Å². The number of alkyl carbamates (subject to hydrolysis) is 1. The number of amides is 3. The molecule has 2 heterocycles. The second-order valence-corrected chi connectivity index (χ2v) is 11.6. The molecule has 1 aliphatic carbocycles. The van der Waals surface area contributed by atoms with Gasteiger partial charge in [-0.15, -0.1) is 0 Å². The summed E-state index contributed by atoms with van der Waals surface area (Å²) < 4.78 is 6.67. The number of benzene rings is 1. The maximum atomic E-state index is 13.2. The van der Waals surface area contributed by atoms with Crippen LogP contribution in [0.25, 0.3) is 10.9 Å². The van der Waals surface area contributed by atoms with E-state index in [4.69, 9.17) is 4.74 Å². The van der Waals surface area contributed by atoms with Crippen molar-refractivity contribution in [3.05, 3.63) is 69.8 Å². The lowest BCUT2D eigenvalue weighted by Crippen LogP contribution is -2.37. The van der Waals surface area contributed by atoms with Crippen LogP contribution in [0.3, 0.4) is 0 Å². The minimum atomic E-state index is -0.535. The fourth-order valence-electron chi connectivity index (χ4n) is 4.80. The van der Waals surface area contributed by atoms with E-state index in [0.717, 1.165) is 35.9 Å². The maximum Gasteiger partial charge on any atom is 0.407 e. The van der Waals surface area contributed by atoms with Gasteiger partial charge >= 0.3 is 6.09 Å². The van der Waals surface area contributed by atoms with Gasteiger partial charge in [-0.1, -0.05) is 12.1 Å². The highest BCUT2D eigenvalue weighted by molar-refractivity contribution is 5.99. The SMILES string of the molecule is CNC(=O)c1cc(C(=O)N[C@H]2C[C@@H]2CCN(C)CCNC(=O)OC(C)(C)C)cn(Cc2cccc3[nH]ccc23)c1=O. The van der Waals surface area contributed by atoms with Gasteiger partial charge in [0.25, 0.3) is 17.4 Å². The van der Waals surface area contributed by atoms with Gasteiger partial charge in [-0.25, -0.2) is 4.79 Å². The Balaban J connectivity index is 1.34. The standard InChI is InChI=1S/C30H40N6O5/c1-30(2,3)41-29(40)33-12-14-35(5)13-10-19-16-25(19)34-26(37)21-15-23(27(38)31-4)28(39)36(18-21)17-20-7-6-8-24-22(20)9-11-32-24/h6-9,11,15,18-19,25,32H,10,12-14,16-17H2,1-5H3,(H,31,38)(H,33,40)(H,34,37)/t19-,25-/m0/s1. The first-order valence-corrected chi connectivity index (χ1v) is 13.9. The Hall–Kier alpha value is -4.12. The van der Waals surface area contributed by atoms with E-state index in [1.165, 1.54) is 23.9 Å². The van der Waals surface area contributed by atoms with Gasteiger partial charge in [0, 0.05) is 49.5 Å². The summed E-state index contributed by atoms with van der Waals surface area (Å²) in [6.45, 7) is 7.69. The Morgan fingerprint density at radius 3 is 2.66 bits per heavy atom. The van der Waals surface area contributed by atoms with Crippen molar-refractivity contribution >= 4 is 28.8 Å². The molecule has 4 rings (SSSR count). The summed E-state index contributed by atoms with van der Waals surface area (Å²) in [6, 6.07) is 9.12. The molecule has 1 aromatic carbocycles. The highest BCUT2D eigenvalue weighted by Crippen LogP contribution is 2.34. The maximum absolute atomic E-state index is 13.2. The number of H-pyrrole nitrogens is 1. The van der Waals surface area contributed by atoms with Gasteiger partial charge < -0.3 is 35.1 Å². The van der Waals surface area contributed by atoms with Gasteiger partial charge in [0.15, 0.2) is 0 Å². The average molecular weight is 565 g/mol. The van der Waals surface area contributed by atoms with Crippen LogP contribution in [0.4, 0.5) is 4.79 Å². The Labute approximate surface area is 239 Å². The Bertz CT molecular complexity index is 1470. The van der Waals surface area contributed by atoms with Crippen molar-refractivity contribution in [1.82, 2.24) is 30.4 Å². The highest BCUT2D eigenvalue weighted by Gasteiger charge is 2.38. The fraction of sp³-hybridized carbons (Fsp3) is 0.467. The number of aromatic nitrogens is 2. The number of carbonyl (C=O) groups is 3. The van der Waals surface area contributed by atoms with Crippen LogP contribution >= 0.6 is 0 Å². The molecular formula is C30H40N6O5. The quantitative estimate of drug-likeness (QED) is 0.283. The highest BCUT2D eigenvalue weighted by atomic mass is 16.6. The van der Waals surface area contributed by atoms with Crippen LogP contribution in [0.1, 0.15) is 59.9 Å². The lowest BCUT2D eigenvalue weighted by molar-refractivity contribution is 0.0523. The molecule has 3 amide bonds. The predicted molar refractivity (Wildman–Crippen MR) is 157 cm³/mol. The third-order valence-corrected chi connectivity index (χ3v) is 7.13. The number of rotatable bonds is 11. The smallest absolute Gasteiger partial charge is 0.407 e. The lowest BCUT2D eigenvalue weighted by atomic mass is 10.1. The van der Waals surface area contributed by atoms with Gasteiger partial charge in [-0.3, -0.25) is 14.4 Å². The van der Waals surface area contributed by atoms with Crippen LogP contribution < -0.4 is 21.5 Å². The molecule has 2 atom stereocenters. The molecule has 0 saturated heterocycles. The van der Waals surface area contributed by atoms with Gasteiger partial charge in [-0.05, 0) is 76.9 Å². The summed E-state index contributed by atoms with van der Waals surface area (Å²) in [5, 5.41) is 9.29. The van der Waals surface area contributed by atoms with Crippen molar-refractivity contribution in [2.24, 2.45) is 5.92 Å². The first-order chi connectivity index (χ1) is 19.4. The Kier molecular flexibility index (Phi) is 9.17. The van der Waals surface area contributed by atoms with Crippen molar-refractivity contribution in [1.29, 1.82) is 0 Å². The number of hydrogen-bond acceptors (Lipinski definition) is 6. The molecule has 0 unspecified atom stereocenters. The lowest BCUT2D eigenvalue weighted by Gasteiger charge is -2.21. The van der Waals surface area contributed by atoms with Gasteiger partial charge in [0.2, 0.25) is 0 Å². The average Bonchev–Trinajstić information content (AvgIpc) is 3.45. The minimum absolute atomic E-state index is 0.0354. The zero-order valence-corrected chi connectivity index (χ0v) is 24.4. The Morgan fingerprint density at radius 1 is 1.15 bits per heavy atom. The van der Waals surface area contributed by atoms with Crippen LogP contribution in [-0.4, -0.2) is 77.7 Å². The first kappa shape index (κ1) is 29.9. The van der Waals surface area contributed by atoms with E-state index >= 15 is 0 Å². The summed E-state index contributed by atoms with van der Waals surface area (Å²) in [5.74, 6) is -0.506. The van der Waals surface area contributed by atoms with Crippen molar-refractivity contribution in [2.45, 2.75) is 51.8 Å². The zero-order chi connectivity index (χ0) is 29.7. The van der Waals surface area contributed by atoms with E-state index in [9.17, 15) is 19.2 Å². The molecule has 41 heavy (non-hydrogen) atoms. The molecule has 2 aromatic heterocycles. The molecule has 3 aromatic rings.